The van der Waals surface area contributed by atoms with E-state index in [1.807, 2.05) is 36.6 Å². The van der Waals surface area contributed by atoms with Crippen molar-refractivity contribution >= 4 is 23.6 Å². The Morgan fingerprint density at radius 2 is 1.81 bits per heavy atom. The Balaban J connectivity index is 1.92. The van der Waals surface area contributed by atoms with Crippen molar-refractivity contribution in [3.8, 4) is 11.1 Å². The van der Waals surface area contributed by atoms with Gasteiger partial charge >= 0.3 is 0 Å². The fourth-order valence-electron chi connectivity index (χ4n) is 2.39. The number of hydrogen-bond acceptors (Lipinski definition) is 4. The van der Waals surface area contributed by atoms with Gasteiger partial charge in [-0.25, -0.2) is 0 Å². The van der Waals surface area contributed by atoms with E-state index >= 15 is 0 Å². The third kappa shape index (κ3) is 6.20. The quantitative estimate of drug-likeness (QED) is 0.525. The van der Waals surface area contributed by atoms with Crippen LogP contribution in [0, 0.1) is 0 Å². The first kappa shape index (κ1) is 20.0. The predicted molar refractivity (Wildman–Crippen MR) is 105 cm³/mol. The second-order valence-corrected chi connectivity index (χ2v) is 6.57. The zero-order valence-electron chi connectivity index (χ0n) is 15.1. The fourth-order valence-corrected chi connectivity index (χ4v) is 2.80. The maximum Gasteiger partial charge on any atom is 0.251 e. The van der Waals surface area contributed by atoms with Crippen molar-refractivity contribution < 1.29 is 14.3 Å². The molecule has 2 aromatic carbocycles. The summed E-state index contributed by atoms with van der Waals surface area (Å²) in [4.78, 5) is 25.2. The molecule has 0 radical (unpaired) electrons. The van der Waals surface area contributed by atoms with E-state index < -0.39 is 0 Å². The van der Waals surface area contributed by atoms with E-state index in [4.69, 9.17) is 4.74 Å². The molecule has 0 saturated carbocycles. The highest BCUT2D eigenvalue weighted by Gasteiger charge is 2.09. The van der Waals surface area contributed by atoms with E-state index in [0.29, 0.717) is 18.7 Å². The Labute approximate surface area is 158 Å². The molecule has 2 rings (SSSR count). The first-order chi connectivity index (χ1) is 12.6. The number of nitrogens with one attached hydrogen (secondary N) is 2. The minimum Gasteiger partial charge on any atom is -0.385 e. The van der Waals surface area contributed by atoms with Crippen molar-refractivity contribution in [2.24, 2.45) is 0 Å². The summed E-state index contributed by atoms with van der Waals surface area (Å²) in [5.74, 6) is -0.474. The lowest BCUT2D eigenvalue weighted by Crippen LogP contribution is -2.37. The Morgan fingerprint density at radius 3 is 2.50 bits per heavy atom. The van der Waals surface area contributed by atoms with E-state index in [2.05, 4.69) is 22.8 Å². The van der Waals surface area contributed by atoms with Crippen LogP contribution in [0.3, 0.4) is 0 Å². The van der Waals surface area contributed by atoms with Crippen LogP contribution in [0.2, 0.25) is 0 Å². The molecule has 2 aromatic rings. The number of hydrogen-bond donors (Lipinski definition) is 2. The lowest BCUT2D eigenvalue weighted by Gasteiger charge is -2.08. The Kier molecular flexibility index (Phi) is 8.18. The van der Waals surface area contributed by atoms with Gasteiger partial charge in [0.15, 0.2) is 0 Å². The SMILES string of the molecule is COCCCNC(=O)CNC(=O)c1cccc(-c2ccc(SC)cc2)c1. The van der Waals surface area contributed by atoms with Crippen LogP contribution < -0.4 is 10.6 Å². The van der Waals surface area contributed by atoms with Gasteiger partial charge in [0.2, 0.25) is 5.91 Å². The lowest BCUT2D eigenvalue weighted by molar-refractivity contribution is -0.120. The second kappa shape index (κ2) is 10.6. The van der Waals surface area contributed by atoms with E-state index in [1.54, 1.807) is 24.9 Å². The van der Waals surface area contributed by atoms with Crippen LogP contribution in [-0.4, -0.2) is 44.9 Å². The molecular formula is C20H24N2O3S. The van der Waals surface area contributed by atoms with Crippen LogP contribution in [0.25, 0.3) is 11.1 Å². The molecule has 2 amide bonds. The summed E-state index contributed by atoms with van der Waals surface area (Å²) in [7, 11) is 1.62. The molecule has 0 heterocycles. The average Bonchev–Trinajstić information content (AvgIpc) is 2.69. The van der Waals surface area contributed by atoms with Gasteiger partial charge < -0.3 is 15.4 Å². The number of amides is 2. The topological polar surface area (TPSA) is 67.4 Å². The molecule has 0 aromatic heterocycles. The van der Waals surface area contributed by atoms with E-state index in [0.717, 1.165) is 17.5 Å². The zero-order chi connectivity index (χ0) is 18.8. The number of benzene rings is 2. The molecule has 0 spiro atoms. The molecule has 0 fully saturated rings. The van der Waals surface area contributed by atoms with Crippen molar-refractivity contribution in [2.45, 2.75) is 11.3 Å². The molecule has 0 aliphatic carbocycles. The number of thioether (sulfide) groups is 1. The minimum absolute atomic E-state index is 0.0432. The van der Waals surface area contributed by atoms with Crippen molar-refractivity contribution in [3.05, 3.63) is 54.1 Å². The van der Waals surface area contributed by atoms with Crippen LogP contribution in [0.5, 0.6) is 0 Å². The number of carbonyl (C=O) groups is 2. The van der Waals surface area contributed by atoms with Crippen molar-refractivity contribution in [3.63, 3.8) is 0 Å². The average molecular weight is 372 g/mol. The Bertz CT molecular complexity index is 732. The maximum atomic E-state index is 12.3. The molecule has 5 nitrogen and oxygen atoms in total. The zero-order valence-corrected chi connectivity index (χ0v) is 15.9. The maximum absolute atomic E-state index is 12.3. The monoisotopic (exact) mass is 372 g/mol. The summed E-state index contributed by atoms with van der Waals surface area (Å²) < 4.78 is 4.92. The molecular weight excluding hydrogens is 348 g/mol. The van der Waals surface area contributed by atoms with E-state index in [-0.39, 0.29) is 18.4 Å². The van der Waals surface area contributed by atoms with Crippen molar-refractivity contribution in [2.75, 3.05) is 33.1 Å². The van der Waals surface area contributed by atoms with Gasteiger partial charge in [-0.1, -0.05) is 24.3 Å². The standard InChI is InChI=1S/C20H24N2O3S/c1-25-12-4-11-21-19(23)14-22-20(24)17-6-3-5-16(13-17)15-7-9-18(26-2)10-8-15/h3,5-10,13H,4,11-12,14H2,1-2H3,(H,21,23)(H,22,24). The number of methoxy groups -OCH3 is 1. The summed E-state index contributed by atoms with van der Waals surface area (Å²) in [5.41, 5.74) is 2.55. The highest BCUT2D eigenvalue weighted by molar-refractivity contribution is 7.98. The lowest BCUT2D eigenvalue weighted by atomic mass is 10.0. The molecule has 0 bridgehead atoms. The first-order valence-electron chi connectivity index (χ1n) is 8.42. The van der Waals surface area contributed by atoms with Gasteiger partial charge in [0.1, 0.15) is 0 Å². The van der Waals surface area contributed by atoms with Gasteiger partial charge in [-0.3, -0.25) is 9.59 Å². The van der Waals surface area contributed by atoms with Gasteiger partial charge in [0.05, 0.1) is 6.54 Å². The second-order valence-electron chi connectivity index (χ2n) is 5.69. The minimum atomic E-state index is -0.264. The van der Waals surface area contributed by atoms with Crippen LogP contribution in [0.1, 0.15) is 16.8 Å². The normalized spacial score (nSPS) is 10.4. The number of ether oxygens (including phenoxy) is 1. The molecule has 138 valence electrons. The Hall–Kier alpha value is -2.31. The molecule has 0 aliphatic heterocycles. The molecule has 0 aliphatic rings. The third-order valence-electron chi connectivity index (χ3n) is 3.81. The number of rotatable bonds is 9. The van der Waals surface area contributed by atoms with Crippen LogP contribution >= 0.6 is 11.8 Å². The summed E-state index contributed by atoms with van der Waals surface area (Å²) in [5, 5.41) is 5.39. The van der Waals surface area contributed by atoms with Crippen LogP contribution in [0.4, 0.5) is 0 Å². The highest BCUT2D eigenvalue weighted by Crippen LogP contribution is 2.23. The summed E-state index contributed by atoms with van der Waals surface area (Å²) >= 11 is 1.69. The summed E-state index contributed by atoms with van der Waals surface area (Å²) in [6.45, 7) is 1.08. The molecule has 6 heteroatoms. The molecule has 26 heavy (non-hydrogen) atoms. The largest absolute Gasteiger partial charge is 0.385 e. The van der Waals surface area contributed by atoms with E-state index in [9.17, 15) is 9.59 Å². The predicted octanol–water partition coefficient (Wildman–Crippen LogP) is 2.96. The number of carbonyl (C=O) groups excluding carboxylic acids is 2. The van der Waals surface area contributed by atoms with Crippen molar-refractivity contribution in [1.29, 1.82) is 0 Å². The van der Waals surface area contributed by atoms with Crippen molar-refractivity contribution in [1.82, 2.24) is 10.6 Å². The highest BCUT2D eigenvalue weighted by atomic mass is 32.2. The van der Waals surface area contributed by atoms with Gasteiger partial charge in [-0.15, -0.1) is 11.8 Å². The molecule has 0 saturated heterocycles. The van der Waals surface area contributed by atoms with Crippen LogP contribution in [0.15, 0.2) is 53.4 Å². The molecule has 2 N–H and O–H groups in total. The third-order valence-corrected chi connectivity index (χ3v) is 4.55. The van der Waals surface area contributed by atoms with Gasteiger partial charge in [0, 0.05) is 30.7 Å². The molecule has 0 unspecified atom stereocenters. The van der Waals surface area contributed by atoms with Gasteiger partial charge in [0.25, 0.3) is 5.91 Å². The smallest absolute Gasteiger partial charge is 0.251 e. The first-order valence-corrected chi connectivity index (χ1v) is 9.65. The van der Waals surface area contributed by atoms with Gasteiger partial charge in [-0.05, 0) is 48.1 Å². The summed E-state index contributed by atoms with van der Waals surface area (Å²) in [6.07, 6.45) is 2.78. The Morgan fingerprint density at radius 1 is 1.04 bits per heavy atom. The van der Waals surface area contributed by atoms with Gasteiger partial charge in [-0.2, -0.15) is 0 Å². The fraction of sp³-hybridized carbons (Fsp3) is 0.300. The summed E-state index contributed by atoms with van der Waals surface area (Å²) in [6, 6.07) is 15.6. The van der Waals surface area contributed by atoms with E-state index in [1.165, 1.54) is 4.90 Å². The molecule has 0 atom stereocenters. The van der Waals surface area contributed by atoms with Crippen LogP contribution in [-0.2, 0) is 9.53 Å².